The molecule has 0 saturated carbocycles. The van der Waals surface area contributed by atoms with Crippen molar-refractivity contribution in [1.82, 2.24) is 9.66 Å². The predicted octanol–water partition coefficient (Wildman–Crippen LogP) is 6.68. The van der Waals surface area contributed by atoms with Crippen LogP contribution in [0.3, 0.4) is 0 Å². The zero-order chi connectivity index (χ0) is 29.9. The van der Waals surface area contributed by atoms with Gasteiger partial charge in [-0.15, -0.1) is 0 Å². The number of carbonyl (C=O) groups is 1. The molecule has 0 saturated heterocycles. The summed E-state index contributed by atoms with van der Waals surface area (Å²) >= 11 is 6.54. The molecule has 0 fully saturated rings. The highest BCUT2D eigenvalue weighted by Crippen LogP contribution is 2.36. The Kier molecular flexibility index (Phi) is 7.63. The number of fused-ring (bicyclic) bond motifs is 2. The van der Waals surface area contributed by atoms with Crippen LogP contribution in [0.15, 0.2) is 105 Å². The van der Waals surface area contributed by atoms with E-state index in [1.165, 1.54) is 18.0 Å². The third kappa shape index (κ3) is 5.84. The lowest BCUT2D eigenvalue weighted by atomic mass is 10.2. The summed E-state index contributed by atoms with van der Waals surface area (Å²) in [5.74, 6) is 0.776. The fourth-order valence-corrected chi connectivity index (χ4v) is 4.81. The van der Waals surface area contributed by atoms with Crippen molar-refractivity contribution in [1.29, 1.82) is 0 Å². The van der Waals surface area contributed by atoms with Crippen LogP contribution < -0.4 is 20.3 Å². The lowest BCUT2D eigenvalue weighted by Gasteiger charge is -2.13. The van der Waals surface area contributed by atoms with Gasteiger partial charge in [0.1, 0.15) is 5.58 Å². The van der Waals surface area contributed by atoms with E-state index in [1.807, 2.05) is 67.6 Å². The molecule has 0 spiro atoms. The van der Waals surface area contributed by atoms with E-state index in [2.05, 4.69) is 10.4 Å². The Hall–Kier alpha value is -5.41. The minimum absolute atomic E-state index is 0.199. The molecule has 2 heterocycles. The largest absolute Gasteiger partial charge is 0.493 e. The van der Waals surface area contributed by atoms with Gasteiger partial charge in [-0.2, -0.15) is 9.78 Å². The molecule has 0 unspecified atom stereocenters. The topological polar surface area (TPSA) is 108 Å². The zero-order valence-corrected chi connectivity index (χ0v) is 24.0. The van der Waals surface area contributed by atoms with Crippen molar-refractivity contribution < 1.29 is 18.7 Å². The maximum atomic E-state index is 13.6. The molecule has 6 rings (SSSR count). The van der Waals surface area contributed by atoms with Crippen LogP contribution in [0.1, 0.15) is 11.1 Å². The molecule has 6 aromatic rings. The molecule has 1 amide bonds. The lowest BCUT2D eigenvalue weighted by Crippen LogP contribution is -2.20. The number of methoxy groups -OCH3 is 1. The summed E-state index contributed by atoms with van der Waals surface area (Å²) in [6.45, 7) is 1.68. The summed E-state index contributed by atoms with van der Waals surface area (Å²) in [7, 11) is 1.46. The Morgan fingerprint density at radius 3 is 2.60 bits per heavy atom. The van der Waals surface area contributed by atoms with Gasteiger partial charge in [-0.05, 0) is 61.0 Å². The van der Waals surface area contributed by atoms with Crippen LogP contribution in [0.5, 0.6) is 11.5 Å². The SMILES string of the molecule is COc1cc(C=Nn2c(-c3cc4ccccc4o3)nc3ccccc3c2=O)cc(Cl)c1OCC(=O)Nc1ccc(C)cc1. The fraction of sp³-hybridized carbons (Fsp3) is 0.0909. The van der Waals surface area contributed by atoms with Gasteiger partial charge in [0.2, 0.25) is 5.82 Å². The number of anilines is 1. The summed E-state index contributed by atoms with van der Waals surface area (Å²) < 4.78 is 18.4. The number of aryl methyl sites for hydroxylation is 1. The summed E-state index contributed by atoms with van der Waals surface area (Å²) in [4.78, 5) is 30.7. The molecular formula is C33H25ClN4O5. The smallest absolute Gasteiger partial charge is 0.282 e. The Balaban J connectivity index is 1.30. The molecule has 9 nitrogen and oxygen atoms in total. The monoisotopic (exact) mass is 592 g/mol. The van der Waals surface area contributed by atoms with E-state index in [0.717, 1.165) is 10.9 Å². The lowest BCUT2D eigenvalue weighted by molar-refractivity contribution is -0.118. The number of hydrogen-bond acceptors (Lipinski definition) is 7. The van der Waals surface area contributed by atoms with Gasteiger partial charge in [-0.3, -0.25) is 9.59 Å². The Bertz CT molecular complexity index is 2030. The summed E-state index contributed by atoms with van der Waals surface area (Å²) in [6.07, 6.45) is 1.46. The van der Waals surface area contributed by atoms with Gasteiger partial charge >= 0.3 is 0 Å². The van der Waals surface area contributed by atoms with Gasteiger partial charge in [-0.1, -0.05) is 59.6 Å². The molecule has 10 heteroatoms. The molecule has 0 radical (unpaired) electrons. The van der Waals surface area contributed by atoms with E-state index in [4.69, 9.17) is 30.5 Å². The van der Waals surface area contributed by atoms with E-state index < -0.39 is 0 Å². The van der Waals surface area contributed by atoms with E-state index >= 15 is 0 Å². The third-order valence-electron chi connectivity index (χ3n) is 6.66. The zero-order valence-electron chi connectivity index (χ0n) is 23.2. The van der Waals surface area contributed by atoms with E-state index in [1.54, 1.807) is 30.3 Å². The van der Waals surface area contributed by atoms with Crippen molar-refractivity contribution >= 4 is 51.3 Å². The molecule has 0 aliphatic heterocycles. The molecule has 0 atom stereocenters. The number of ether oxygens (including phenoxy) is 2. The number of rotatable bonds is 8. The van der Waals surface area contributed by atoms with Gasteiger partial charge in [0, 0.05) is 11.1 Å². The summed E-state index contributed by atoms with van der Waals surface area (Å²) in [5, 5.41) is 8.74. The van der Waals surface area contributed by atoms with Crippen LogP contribution >= 0.6 is 11.6 Å². The first kappa shape index (κ1) is 27.7. The molecule has 1 N–H and O–H groups in total. The Morgan fingerprint density at radius 2 is 1.81 bits per heavy atom. The quantitative estimate of drug-likeness (QED) is 0.198. The summed E-state index contributed by atoms with van der Waals surface area (Å²) in [5.41, 5.74) is 3.08. The highest BCUT2D eigenvalue weighted by Gasteiger charge is 2.17. The number of aromatic nitrogens is 2. The van der Waals surface area contributed by atoms with Gasteiger partial charge in [-0.25, -0.2) is 4.98 Å². The number of para-hydroxylation sites is 2. The van der Waals surface area contributed by atoms with Crippen LogP contribution in [-0.4, -0.2) is 35.5 Å². The van der Waals surface area contributed by atoms with Crippen LogP contribution in [0.4, 0.5) is 5.69 Å². The molecule has 43 heavy (non-hydrogen) atoms. The number of nitrogens with zero attached hydrogens (tertiary/aromatic N) is 3. The van der Waals surface area contributed by atoms with Gasteiger partial charge < -0.3 is 19.2 Å². The molecule has 2 aromatic heterocycles. The average molecular weight is 593 g/mol. The maximum Gasteiger partial charge on any atom is 0.282 e. The normalized spacial score (nSPS) is 11.3. The van der Waals surface area contributed by atoms with Gasteiger partial charge in [0.05, 0.1) is 29.2 Å². The van der Waals surface area contributed by atoms with Crippen molar-refractivity contribution in [3.05, 3.63) is 117 Å². The van der Waals surface area contributed by atoms with Crippen LogP contribution in [-0.2, 0) is 4.79 Å². The molecular weight excluding hydrogens is 568 g/mol. The molecule has 0 aliphatic carbocycles. The van der Waals surface area contributed by atoms with Crippen molar-refractivity contribution in [2.24, 2.45) is 5.10 Å². The number of furan rings is 1. The Labute approximate surface area is 251 Å². The summed E-state index contributed by atoms with van der Waals surface area (Å²) in [6, 6.07) is 27.1. The second kappa shape index (κ2) is 11.8. The van der Waals surface area contributed by atoms with E-state index in [9.17, 15) is 9.59 Å². The molecule has 0 bridgehead atoms. The number of benzene rings is 4. The molecule has 4 aromatic carbocycles. The minimum Gasteiger partial charge on any atom is -0.493 e. The first-order valence-corrected chi connectivity index (χ1v) is 13.7. The van der Waals surface area contributed by atoms with Gasteiger partial charge in [0.25, 0.3) is 11.5 Å². The van der Waals surface area contributed by atoms with Crippen LogP contribution in [0.2, 0.25) is 5.02 Å². The van der Waals surface area contributed by atoms with Crippen molar-refractivity contribution in [2.75, 3.05) is 19.0 Å². The number of hydrogen-bond donors (Lipinski definition) is 1. The van der Waals surface area contributed by atoms with Crippen LogP contribution in [0, 0.1) is 6.92 Å². The predicted molar refractivity (Wildman–Crippen MR) is 168 cm³/mol. The highest BCUT2D eigenvalue weighted by atomic mass is 35.5. The third-order valence-corrected chi connectivity index (χ3v) is 6.94. The van der Waals surface area contributed by atoms with E-state index in [0.29, 0.717) is 39.2 Å². The minimum atomic E-state index is -0.366. The van der Waals surface area contributed by atoms with E-state index in [-0.39, 0.29) is 34.7 Å². The first-order valence-electron chi connectivity index (χ1n) is 13.3. The fourth-order valence-electron chi connectivity index (χ4n) is 4.53. The second-order valence-electron chi connectivity index (χ2n) is 9.70. The van der Waals surface area contributed by atoms with Crippen LogP contribution in [0.25, 0.3) is 33.5 Å². The Morgan fingerprint density at radius 1 is 1.05 bits per heavy atom. The molecule has 0 aliphatic rings. The van der Waals surface area contributed by atoms with Gasteiger partial charge in [0.15, 0.2) is 23.9 Å². The number of halogens is 1. The molecule has 214 valence electrons. The van der Waals surface area contributed by atoms with Crippen molar-refractivity contribution in [2.45, 2.75) is 6.92 Å². The maximum absolute atomic E-state index is 13.6. The first-order chi connectivity index (χ1) is 20.9. The second-order valence-corrected chi connectivity index (χ2v) is 10.1. The number of nitrogens with one attached hydrogen (secondary N) is 1. The van der Waals surface area contributed by atoms with Crippen molar-refractivity contribution in [3.63, 3.8) is 0 Å². The highest BCUT2D eigenvalue weighted by molar-refractivity contribution is 6.32. The van der Waals surface area contributed by atoms with Crippen molar-refractivity contribution in [3.8, 4) is 23.1 Å². The number of carbonyl (C=O) groups excluding carboxylic acids is 1. The standard InChI is InChI=1S/C33H25ClN4O5/c1-20-11-13-23(14-12-20)36-30(39)19-42-31-25(34)15-21(16-28(31)41-2)18-35-38-32(29-17-22-7-3-6-10-27(22)43-29)37-26-9-5-4-8-24(26)33(38)40/h3-18H,19H2,1-2H3,(H,36,39). The average Bonchev–Trinajstić information content (AvgIpc) is 3.45. The number of amides is 1.